The van der Waals surface area contributed by atoms with Crippen molar-refractivity contribution in [3.8, 4) is 0 Å². The number of hydrogen-bond acceptors (Lipinski definition) is 5. The second kappa shape index (κ2) is 8.90. The molecule has 2 atom stereocenters. The van der Waals surface area contributed by atoms with Crippen LogP contribution in [0, 0.1) is 0 Å². The van der Waals surface area contributed by atoms with Crippen molar-refractivity contribution < 1.29 is 13.9 Å². The predicted molar refractivity (Wildman–Crippen MR) is 88.4 cm³/mol. The topological polar surface area (TPSA) is 70.0 Å². The average molecular weight is 324 g/mol. The van der Waals surface area contributed by atoms with Crippen molar-refractivity contribution in [3.63, 3.8) is 0 Å². The smallest absolute Gasteiger partial charge is 0.315 e. The molecule has 0 bridgehead atoms. The first-order valence-corrected chi connectivity index (χ1v) is 8.10. The summed E-state index contributed by atoms with van der Waals surface area (Å²) in [5.74, 6) is 0.844. The largest absolute Gasteiger partial charge is 0.468 e. The Balaban J connectivity index is 1.72. The molecule has 7 nitrogen and oxygen atoms in total. The Labute approximate surface area is 137 Å². The Bertz CT molecular complexity index is 458. The van der Waals surface area contributed by atoms with Crippen LogP contribution in [-0.2, 0) is 4.74 Å². The molecule has 2 heterocycles. The molecule has 0 aliphatic carbocycles. The van der Waals surface area contributed by atoms with E-state index in [2.05, 4.69) is 15.5 Å². The average Bonchev–Trinajstić information content (AvgIpc) is 3.02. The fourth-order valence-electron chi connectivity index (χ4n) is 2.70. The molecule has 2 rings (SSSR count). The number of carbonyl (C=O) groups excluding carboxylic acids is 1. The van der Waals surface area contributed by atoms with Crippen molar-refractivity contribution >= 4 is 6.03 Å². The van der Waals surface area contributed by atoms with E-state index in [0.29, 0.717) is 6.54 Å². The Morgan fingerprint density at radius 3 is 2.74 bits per heavy atom. The Hall–Kier alpha value is -1.57. The van der Waals surface area contributed by atoms with Crippen molar-refractivity contribution in [3.05, 3.63) is 24.2 Å². The molecule has 23 heavy (non-hydrogen) atoms. The molecular formula is C16H28N4O3. The first-order chi connectivity index (χ1) is 11.1. The number of likely N-dealkylation sites (N-methyl/N-ethyl adjacent to an activating group) is 1. The highest BCUT2D eigenvalue weighted by Crippen LogP contribution is 2.17. The van der Waals surface area contributed by atoms with Gasteiger partial charge in [0.1, 0.15) is 5.76 Å². The van der Waals surface area contributed by atoms with E-state index in [0.717, 1.165) is 38.6 Å². The van der Waals surface area contributed by atoms with Crippen LogP contribution in [0.2, 0.25) is 0 Å². The van der Waals surface area contributed by atoms with Gasteiger partial charge >= 0.3 is 6.03 Å². The van der Waals surface area contributed by atoms with E-state index in [1.807, 2.05) is 38.1 Å². The van der Waals surface area contributed by atoms with Gasteiger partial charge in [0.2, 0.25) is 0 Å². The van der Waals surface area contributed by atoms with E-state index in [-0.39, 0.29) is 18.1 Å². The minimum atomic E-state index is -0.149. The van der Waals surface area contributed by atoms with Crippen LogP contribution >= 0.6 is 0 Å². The lowest BCUT2D eigenvalue weighted by Gasteiger charge is -2.29. The quantitative estimate of drug-likeness (QED) is 0.780. The van der Waals surface area contributed by atoms with E-state index in [4.69, 9.17) is 9.15 Å². The van der Waals surface area contributed by atoms with Gasteiger partial charge in [0.15, 0.2) is 0 Å². The summed E-state index contributed by atoms with van der Waals surface area (Å²) in [5, 5.41) is 5.91. The summed E-state index contributed by atoms with van der Waals surface area (Å²) < 4.78 is 10.8. The molecule has 0 spiro atoms. The molecule has 2 amide bonds. The third-order valence-corrected chi connectivity index (χ3v) is 3.96. The number of rotatable bonds is 7. The molecular weight excluding hydrogens is 296 g/mol. The Kier molecular flexibility index (Phi) is 6.88. The van der Waals surface area contributed by atoms with E-state index < -0.39 is 0 Å². The summed E-state index contributed by atoms with van der Waals surface area (Å²) in [5.41, 5.74) is 0. The summed E-state index contributed by atoms with van der Waals surface area (Å²) in [6.07, 6.45) is 1.65. The van der Waals surface area contributed by atoms with Crippen LogP contribution in [0.15, 0.2) is 22.8 Å². The van der Waals surface area contributed by atoms with Gasteiger partial charge in [0.05, 0.1) is 25.5 Å². The van der Waals surface area contributed by atoms with Crippen molar-refractivity contribution in [2.24, 2.45) is 0 Å². The molecule has 1 aliphatic heterocycles. The number of hydrogen-bond donors (Lipinski definition) is 2. The summed E-state index contributed by atoms with van der Waals surface area (Å²) in [6.45, 7) is 6.75. The Morgan fingerprint density at radius 2 is 2.13 bits per heavy atom. The van der Waals surface area contributed by atoms with Gasteiger partial charge in [-0.25, -0.2) is 4.79 Å². The van der Waals surface area contributed by atoms with Gasteiger partial charge in [-0.05, 0) is 33.2 Å². The second-order valence-corrected chi connectivity index (χ2v) is 6.16. The van der Waals surface area contributed by atoms with Crippen molar-refractivity contribution in [1.29, 1.82) is 0 Å². The number of nitrogens with zero attached hydrogens (tertiary/aromatic N) is 2. The van der Waals surface area contributed by atoms with E-state index in [1.165, 1.54) is 0 Å². The monoisotopic (exact) mass is 324 g/mol. The lowest BCUT2D eigenvalue weighted by atomic mass is 10.2. The summed E-state index contributed by atoms with van der Waals surface area (Å²) in [4.78, 5) is 16.4. The van der Waals surface area contributed by atoms with Crippen LogP contribution in [-0.4, -0.2) is 75.4 Å². The summed E-state index contributed by atoms with van der Waals surface area (Å²) >= 11 is 0. The van der Waals surface area contributed by atoms with Crippen molar-refractivity contribution in [2.75, 3.05) is 53.5 Å². The highest BCUT2D eigenvalue weighted by Gasteiger charge is 2.19. The van der Waals surface area contributed by atoms with Gasteiger partial charge in [-0.3, -0.25) is 9.80 Å². The normalized spacial score (nSPS) is 18.6. The van der Waals surface area contributed by atoms with Crippen molar-refractivity contribution in [1.82, 2.24) is 20.4 Å². The highest BCUT2D eigenvalue weighted by molar-refractivity contribution is 5.74. The molecule has 0 unspecified atom stereocenters. The number of nitrogens with one attached hydrogen (secondary N) is 2. The third-order valence-electron chi connectivity index (χ3n) is 3.96. The molecule has 1 fully saturated rings. The number of amides is 2. The molecule has 2 N–H and O–H groups in total. The number of carbonyl (C=O) groups is 1. The molecule has 0 saturated carbocycles. The molecule has 1 aromatic rings. The van der Waals surface area contributed by atoms with Crippen LogP contribution in [0.1, 0.15) is 18.7 Å². The molecule has 1 aromatic heterocycles. The molecule has 0 radical (unpaired) electrons. The number of morpholine rings is 1. The van der Waals surface area contributed by atoms with Crippen LogP contribution in [0.5, 0.6) is 0 Å². The fourth-order valence-corrected chi connectivity index (χ4v) is 2.70. The number of ether oxygens (including phenoxy) is 1. The van der Waals surface area contributed by atoms with Crippen LogP contribution < -0.4 is 10.6 Å². The fraction of sp³-hybridized carbons (Fsp3) is 0.688. The van der Waals surface area contributed by atoms with Gasteiger partial charge < -0.3 is 19.8 Å². The maximum atomic E-state index is 12.1. The van der Waals surface area contributed by atoms with E-state index in [1.54, 1.807) is 6.26 Å². The lowest BCUT2D eigenvalue weighted by Crippen LogP contribution is -2.49. The van der Waals surface area contributed by atoms with Crippen LogP contribution in [0.4, 0.5) is 4.79 Å². The third kappa shape index (κ3) is 5.85. The minimum Gasteiger partial charge on any atom is -0.468 e. The first-order valence-electron chi connectivity index (χ1n) is 8.10. The zero-order chi connectivity index (χ0) is 16.7. The van der Waals surface area contributed by atoms with Gasteiger partial charge in [-0.15, -0.1) is 0 Å². The minimum absolute atomic E-state index is 0.0188. The maximum Gasteiger partial charge on any atom is 0.315 e. The van der Waals surface area contributed by atoms with E-state index in [9.17, 15) is 4.79 Å². The number of furan rings is 1. The summed E-state index contributed by atoms with van der Waals surface area (Å²) in [6, 6.07) is 3.74. The first kappa shape index (κ1) is 17.8. The molecule has 1 saturated heterocycles. The van der Waals surface area contributed by atoms with Gasteiger partial charge in [0.25, 0.3) is 0 Å². The number of urea groups is 1. The zero-order valence-corrected chi connectivity index (χ0v) is 14.2. The van der Waals surface area contributed by atoms with Gasteiger partial charge in [0, 0.05) is 32.2 Å². The highest BCUT2D eigenvalue weighted by atomic mass is 16.5. The van der Waals surface area contributed by atoms with E-state index >= 15 is 0 Å². The molecule has 130 valence electrons. The predicted octanol–water partition coefficient (Wildman–Crippen LogP) is 0.902. The van der Waals surface area contributed by atoms with Crippen molar-refractivity contribution in [2.45, 2.75) is 19.0 Å². The maximum absolute atomic E-state index is 12.1. The molecule has 1 aliphatic rings. The van der Waals surface area contributed by atoms with Gasteiger partial charge in [-0.2, -0.15) is 0 Å². The second-order valence-electron chi connectivity index (χ2n) is 6.16. The zero-order valence-electron chi connectivity index (χ0n) is 14.2. The standard InChI is InChI=1S/C16H28N4O3/c1-13(12-20-6-9-22-10-7-20)18-16(21)17-11-14(19(2)3)15-5-4-8-23-15/h4-5,8,13-14H,6-7,9-12H2,1-3H3,(H2,17,18,21)/t13-,14+/m0/s1. The summed E-state index contributed by atoms with van der Waals surface area (Å²) in [7, 11) is 3.93. The molecule has 0 aromatic carbocycles. The van der Waals surface area contributed by atoms with Crippen LogP contribution in [0.25, 0.3) is 0 Å². The lowest BCUT2D eigenvalue weighted by molar-refractivity contribution is 0.0349. The van der Waals surface area contributed by atoms with Gasteiger partial charge in [-0.1, -0.05) is 0 Å². The molecule has 7 heteroatoms. The Morgan fingerprint density at radius 1 is 1.39 bits per heavy atom. The van der Waals surface area contributed by atoms with Crippen LogP contribution in [0.3, 0.4) is 0 Å². The SMILES string of the molecule is C[C@@H](CN1CCOCC1)NC(=O)NC[C@H](c1ccco1)N(C)C.